The average Bonchev–Trinajstić information content (AvgIpc) is 0.975. The van der Waals surface area contributed by atoms with Crippen molar-refractivity contribution in [2.24, 2.45) is 0 Å². The molecule has 3 atom stereocenters. The lowest BCUT2D eigenvalue weighted by Gasteiger charge is -2.47. The molecule has 0 fully saturated rings. The number of fused-ring (bicyclic) bond motifs is 15. The molecule has 446 valence electrons. The van der Waals surface area contributed by atoms with Gasteiger partial charge in [-0.15, -0.1) is 0 Å². The van der Waals surface area contributed by atoms with Crippen LogP contribution >= 0.6 is 6.49 Å². The third-order valence-electron chi connectivity index (χ3n) is 19.5. The molecule has 6 aromatic rings. The van der Waals surface area contributed by atoms with Gasteiger partial charge in [-0.25, -0.2) is 0 Å². The van der Waals surface area contributed by atoms with Crippen molar-refractivity contribution in [3.63, 3.8) is 0 Å². The summed E-state index contributed by atoms with van der Waals surface area (Å²) in [5, 5.41) is 12.3. The Morgan fingerprint density at radius 1 is 0.407 bits per heavy atom. The van der Waals surface area contributed by atoms with Crippen molar-refractivity contribution in [2.45, 2.75) is 38.9 Å². The predicted molar refractivity (Wildman–Crippen MR) is 330 cm³/mol. The molecule has 9 heterocycles. The molecule has 0 saturated heterocycles. The lowest BCUT2D eigenvalue weighted by Crippen LogP contribution is -2.55. The molecule has 6 aromatic carbocycles. The van der Waals surface area contributed by atoms with E-state index in [1.807, 2.05) is 18.2 Å². The van der Waals surface area contributed by atoms with Gasteiger partial charge < -0.3 is 56.8 Å². The predicted octanol–water partition coefficient (Wildman–Crippen LogP) is 9.47. The number of hydrogen-bond donors (Lipinski definition) is 3. The van der Waals surface area contributed by atoms with Crippen molar-refractivity contribution in [2.75, 3.05) is 122 Å². The molecule has 3 N–H and O–H groups in total. The molecule has 0 aromatic heterocycles. The van der Waals surface area contributed by atoms with Crippen LogP contribution in [0.15, 0.2) is 72.8 Å². The monoisotopic (exact) mass is 1200 g/mol. The molecule has 15 rings (SSSR count). The number of methoxy groups -OCH3 is 6. The van der Waals surface area contributed by atoms with Crippen molar-refractivity contribution in [1.29, 1.82) is 0 Å². The minimum atomic E-state index is -2.84. The molecule has 0 radical (unpaired) electrons. The fourth-order valence-electron chi connectivity index (χ4n) is 15.2. The molecule has 18 nitrogen and oxygen atoms in total. The van der Waals surface area contributed by atoms with Crippen LogP contribution in [0.4, 0.5) is 0 Å². The SMILES string of the molecule is COc1ccc2c(c1OC)C[N+]1(CCNP(=S)(NCC[N+]34CCc5cc6c(cc5C3=Cc3ccc(OC)c(OC)c3C4)OCO6)NCC[N+]34CCc5cc6c(cc5C3=Cc3ccc(OC)c(OC)c3C4)OCO6)CCc3cc4c(cc3C1=C2)OCO4. The van der Waals surface area contributed by atoms with Crippen LogP contribution in [-0.2, 0) is 50.7 Å². The number of ether oxygens (including phenoxy) is 12. The molecular weight excluding hydrogens is 1130 g/mol. The van der Waals surface area contributed by atoms with Gasteiger partial charge >= 0.3 is 0 Å². The minimum absolute atomic E-state index is 0.214. The number of nitrogens with one attached hydrogen (secondary N) is 3. The van der Waals surface area contributed by atoms with E-state index in [9.17, 15) is 0 Å². The van der Waals surface area contributed by atoms with Gasteiger partial charge in [-0.1, -0.05) is 18.2 Å². The summed E-state index contributed by atoms with van der Waals surface area (Å²) < 4.78 is 74.1. The van der Waals surface area contributed by atoms with Gasteiger partial charge in [0, 0.05) is 54.2 Å². The first-order valence-corrected chi connectivity index (χ1v) is 32.4. The molecule has 0 saturated carbocycles. The van der Waals surface area contributed by atoms with Crippen molar-refractivity contribution in [3.05, 3.63) is 140 Å². The second-order valence-electron chi connectivity index (χ2n) is 23.6. The first-order chi connectivity index (χ1) is 42.0. The van der Waals surface area contributed by atoms with E-state index in [2.05, 4.69) is 88.1 Å². The minimum Gasteiger partial charge on any atom is -0.493 e. The highest BCUT2D eigenvalue weighted by molar-refractivity contribution is 8.11. The van der Waals surface area contributed by atoms with Crippen molar-refractivity contribution < 1.29 is 70.3 Å². The number of hydrogen-bond acceptors (Lipinski definition) is 13. The number of rotatable bonds is 18. The van der Waals surface area contributed by atoms with E-state index in [0.29, 0.717) is 70.0 Å². The second kappa shape index (κ2) is 21.5. The van der Waals surface area contributed by atoms with E-state index in [1.165, 1.54) is 50.5 Å². The maximum absolute atomic E-state index is 7.11. The lowest BCUT2D eigenvalue weighted by molar-refractivity contribution is -0.873. The Morgan fingerprint density at radius 3 is 0.977 bits per heavy atom. The third kappa shape index (κ3) is 8.98. The molecule has 3 unspecified atom stereocenters. The summed E-state index contributed by atoms with van der Waals surface area (Å²) in [4.78, 5) is 0. The molecule has 86 heavy (non-hydrogen) atoms. The Kier molecular flexibility index (Phi) is 13.8. The zero-order valence-electron chi connectivity index (χ0n) is 49.5. The summed E-state index contributed by atoms with van der Waals surface area (Å²) in [6.45, 7) is 6.61. The first kappa shape index (κ1) is 55.2. The van der Waals surface area contributed by atoms with Crippen LogP contribution in [0.3, 0.4) is 0 Å². The van der Waals surface area contributed by atoms with E-state index in [1.54, 1.807) is 42.7 Å². The van der Waals surface area contributed by atoms with E-state index in [-0.39, 0.29) is 20.4 Å². The zero-order valence-corrected chi connectivity index (χ0v) is 51.2. The maximum Gasteiger partial charge on any atom is 0.231 e. The van der Waals surface area contributed by atoms with Gasteiger partial charge in [0.05, 0.1) is 118 Å². The molecule has 9 aliphatic heterocycles. The van der Waals surface area contributed by atoms with Gasteiger partial charge in [-0.05, 0) is 99.8 Å². The van der Waals surface area contributed by atoms with E-state index >= 15 is 0 Å². The largest absolute Gasteiger partial charge is 0.493 e. The van der Waals surface area contributed by atoms with E-state index < -0.39 is 6.49 Å². The standard InChI is InChI=1S/C66H72N6O12PS/c1-73-55-10-7-40-25-52-46-31-61-58(79-37-82-61)28-43(46)13-19-70(52,34-49(40)64(55)76-4)22-16-67-85(86,68-17-23-71-20-14-44-29-59-62(83-38-80-59)32-47(44)53(71)26-41-8-11-56(74-2)65(77-5)50(41)35-71)69-18-24-72-21-15-45-30-60-63(84-39-81-60)33-48(45)54(72)27-42-9-12-57(75-3)66(78-6)51(42)36-72/h7-12,25-33H,13-24,34-39H2,1-6H3,(H3,67,68,69,86)/q+3. The summed E-state index contributed by atoms with van der Waals surface area (Å²) in [5.41, 5.74) is 17.7. The Bertz CT molecular complexity index is 3570. The van der Waals surface area contributed by atoms with Crippen LogP contribution in [0, 0.1) is 0 Å². The Hall–Kier alpha value is -7.45. The number of quaternary nitrogens is 3. The molecule has 20 heteroatoms. The van der Waals surface area contributed by atoms with Gasteiger partial charge in [0.15, 0.2) is 69.0 Å². The highest BCUT2D eigenvalue weighted by Gasteiger charge is 2.48. The molecular formula is C66H72N6O12PS+3. The van der Waals surface area contributed by atoms with Crippen molar-refractivity contribution in [3.8, 4) is 69.0 Å². The van der Waals surface area contributed by atoms with Gasteiger partial charge in [-0.3, -0.25) is 28.7 Å². The topological polar surface area (TPSA) is 147 Å². The smallest absolute Gasteiger partial charge is 0.231 e. The molecule has 0 spiro atoms. The summed E-state index contributed by atoms with van der Waals surface area (Å²) in [5.74, 6) is 9.17. The van der Waals surface area contributed by atoms with Crippen LogP contribution < -0.4 is 72.1 Å². The highest BCUT2D eigenvalue weighted by atomic mass is 32.4. The van der Waals surface area contributed by atoms with Gasteiger partial charge in [0.1, 0.15) is 43.2 Å². The van der Waals surface area contributed by atoms with Crippen molar-refractivity contribution >= 4 is 53.6 Å². The summed E-state index contributed by atoms with van der Waals surface area (Å²) in [6, 6.07) is 25.5. The third-order valence-corrected chi connectivity index (χ3v) is 22.7. The lowest BCUT2D eigenvalue weighted by atomic mass is 9.87. The average molecular weight is 1200 g/mol. The molecule has 0 amide bonds. The quantitative estimate of drug-likeness (QED) is 0.0554. The number of nitrogens with zero attached hydrogens (tertiary/aromatic N) is 3. The fourth-order valence-corrected chi connectivity index (χ4v) is 17.6. The van der Waals surface area contributed by atoms with E-state index in [4.69, 9.17) is 68.6 Å². The van der Waals surface area contributed by atoms with Crippen LogP contribution in [0.5, 0.6) is 69.0 Å². The van der Waals surface area contributed by atoms with Gasteiger partial charge in [0.25, 0.3) is 0 Å². The summed E-state index contributed by atoms with van der Waals surface area (Å²) in [6.07, 6.45) is 9.63. The van der Waals surface area contributed by atoms with Crippen LogP contribution in [-0.4, -0.2) is 135 Å². The van der Waals surface area contributed by atoms with Gasteiger partial charge in [0.2, 0.25) is 20.4 Å². The zero-order chi connectivity index (χ0) is 58.5. The first-order valence-electron chi connectivity index (χ1n) is 29.6. The maximum atomic E-state index is 7.11. The van der Waals surface area contributed by atoms with E-state index in [0.717, 1.165) is 144 Å². The van der Waals surface area contributed by atoms with Crippen LogP contribution in [0.1, 0.15) is 66.8 Å². The Balaban J connectivity index is 0.777. The summed E-state index contributed by atoms with van der Waals surface area (Å²) >= 11 is 7.11. The van der Waals surface area contributed by atoms with Gasteiger partial charge in [-0.2, -0.15) is 0 Å². The fraction of sp³-hybridized carbons (Fsp3) is 0.364. The highest BCUT2D eigenvalue weighted by Crippen LogP contribution is 2.54. The second-order valence-corrected chi connectivity index (χ2v) is 27.4. The molecule has 9 aliphatic rings. The molecule has 0 aliphatic carbocycles. The van der Waals surface area contributed by atoms with Crippen LogP contribution in [0.2, 0.25) is 0 Å². The van der Waals surface area contributed by atoms with Crippen LogP contribution in [0.25, 0.3) is 35.3 Å². The molecule has 0 bridgehead atoms. The summed E-state index contributed by atoms with van der Waals surface area (Å²) in [7, 11) is 10.3. The normalized spacial score (nSPS) is 22.3. The number of benzene rings is 6. The Morgan fingerprint density at radius 2 is 0.698 bits per heavy atom. The Labute approximate surface area is 506 Å². The van der Waals surface area contributed by atoms with Crippen molar-refractivity contribution in [1.82, 2.24) is 15.3 Å².